The van der Waals surface area contributed by atoms with Crippen molar-refractivity contribution in [1.29, 1.82) is 0 Å². The molecule has 0 spiro atoms. The summed E-state index contributed by atoms with van der Waals surface area (Å²) >= 11 is 2.18. The minimum atomic E-state index is -0.476. The van der Waals surface area contributed by atoms with Crippen LogP contribution in [0.1, 0.15) is 0 Å². The summed E-state index contributed by atoms with van der Waals surface area (Å²) < 4.78 is 2.01. The quantitative estimate of drug-likeness (QED) is 0.579. The van der Waals surface area contributed by atoms with Gasteiger partial charge in [0.1, 0.15) is 6.20 Å². The van der Waals surface area contributed by atoms with Gasteiger partial charge < -0.3 is 0 Å². The molecule has 0 radical (unpaired) electrons. The summed E-state index contributed by atoms with van der Waals surface area (Å²) in [6, 6.07) is 0. The molecule has 0 aliphatic rings. The van der Waals surface area contributed by atoms with Gasteiger partial charge in [-0.25, -0.2) is 9.67 Å². The van der Waals surface area contributed by atoms with Gasteiger partial charge in [-0.15, -0.1) is 5.10 Å². The van der Waals surface area contributed by atoms with Crippen molar-refractivity contribution in [2.45, 2.75) is 9.50 Å². The van der Waals surface area contributed by atoms with Crippen LogP contribution in [0.5, 0.6) is 0 Å². The number of aryl methyl sites for hydroxylation is 1. The molecule has 0 N–H and O–H groups in total. The molecule has 0 aliphatic carbocycles. The molecule has 0 saturated heterocycles. The minimum absolute atomic E-state index is 0.00706. The van der Waals surface area contributed by atoms with Gasteiger partial charge in [-0.2, -0.15) is 0 Å². The zero-order valence-electron chi connectivity index (χ0n) is 7.39. The number of hydrogen-bond donors (Lipinski definition) is 0. The van der Waals surface area contributed by atoms with E-state index in [1.165, 1.54) is 22.6 Å². The molecule has 78 valence electrons. The molecule has 15 heavy (non-hydrogen) atoms. The van der Waals surface area contributed by atoms with Crippen LogP contribution in [0.2, 0.25) is 0 Å². The van der Waals surface area contributed by atoms with E-state index in [0.29, 0.717) is 9.50 Å². The second-order valence-corrected chi connectivity index (χ2v) is 4.63. The van der Waals surface area contributed by atoms with Crippen molar-refractivity contribution >= 4 is 28.1 Å². The van der Waals surface area contributed by atoms with E-state index >= 15 is 0 Å². The SMILES string of the molecule is Cn1nnnc1Sc1ncc([N+](=O)[O-])s1. The van der Waals surface area contributed by atoms with Crippen LogP contribution in [0, 0.1) is 10.1 Å². The number of nitro groups is 1. The summed E-state index contributed by atoms with van der Waals surface area (Å²) in [5.41, 5.74) is 0. The normalized spacial score (nSPS) is 10.5. The Morgan fingerprint density at radius 2 is 2.47 bits per heavy atom. The fraction of sp³-hybridized carbons (Fsp3) is 0.200. The summed E-state index contributed by atoms with van der Waals surface area (Å²) in [5.74, 6) is 0. The number of nitrogens with zero attached hydrogens (tertiary/aromatic N) is 6. The number of aromatic nitrogens is 5. The first kappa shape index (κ1) is 9.98. The number of rotatable bonds is 3. The van der Waals surface area contributed by atoms with Gasteiger partial charge in [0, 0.05) is 7.05 Å². The molecule has 2 aromatic heterocycles. The van der Waals surface area contributed by atoms with Gasteiger partial charge in [0.2, 0.25) is 5.16 Å². The van der Waals surface area contributed by atoms with Crippen LogP contribution >= 0.6 is 23.1 Å². The lowest BCUT2D eigenvalue weighted by molar-refractivity contribution is -0.380. The molecule has 0 aliphatic heterocycles. The average molecular weight is 244 g/mol. The van der Waals surface area contributed by atoms with Gasteiger partial charge in [0.15, 0.2) is 4.34 Å². The fourth-order valence-electron chi connectivity index (χ4n) is 0.767. The second kappa shape index (κ2) is 3.90. The van der Waals surface area contributed by atoms with E-state index in [4.69, 9.17) is 0 Å². The van der Waals surface area contributed by atoms with Crippen molar-refractivity contribution in [2.24, 2.45) is 7.05 Å². The van der Waals surface area contributed by atoms with E-state index in [0.717, 1.165) is 11.3 Å². The van der Waals surface area contributed by atoms with E-state index < -0.39 is 4.92 Å². The molecule has 0 fully saturated rings. The largest absolute Gasteiger partial charge is 0.344 e. The third-order valence-corrected chi connectivity index (χ3v) is 3.46. The standard InChI is InChI=1S/C5H4N6O2S2/c1-10-4(7-8-9-10)15-5-6-2-3(14-5)11(12)13/h2H,1H3. The Kier molecular flexibility index (Phi) is 2.60. The summed E-state index contributed by atoms with van der Waals surface area (Å²) in [5, 5.41) is 21.8. The summed E-state index contributed by atoms with van der Waals surface area (Å²) in [6.07, 6.45) is 1.22. The van der Waals surface area contributed by atoms with Gasteiger partial charge in [0.05, 0.1) is 4.92 Å². The molecule has 2 rings (SSSR count). The third kappa shape index (κ3) is 2.10. The van der Waals surface area contributed by atoms with Crippen LogP contribution in [0.15, 0.2) is 15.7 Å². The maximum Gasteiger partial charge on any atom is 0.344 e. The lowest BCUT2D eigenvalue weighted by atomic mass is 10.9. The average Bonchev–Trinajstić information content (AvgIpc) is 2.77. The van der Waals surface area contributed by atoms with Gasteiger partial charge in [-0.05, 0) is 33.5 Å². The number of tetrazole rings is 1. The molecule has 2 aromatic rings. The number of hydrogen-bond acceptors (Lipinski definition) is 8. The van der Waals surface area contributed by atoms with Crippen molar-refractivity contribution in [1.82, 2.24) is 25.2 Å². The van der Waals surface area contributed by atoms with Crippen LogP contribution in [0.4, 0.5) is 5.00 Å². The first-order valence-corrected chi connectivity index (χ1v) is 5.30. The van der Waals surface area contributed by atoms with Crippen molar-refractivity contribution in [3.8, 4) is 0 Å². The first-order valence-electron chi connectivity index (χ1n) is 3.67. The van der Waals surface area contributed by atoms with Crippen molar-refractivity contribution in [3.63, 3.8) is 0 Å². The molecule has 2 heterocycles. The summed E-state index contributed by atoms with van der Waals surface area (Å²) in [7, 11) is 1.68. The van der Waals surface area contributed by atoms with Gasteiger partial charge in [0.25, 0.3) is 0 Å². The molecule has 0 bridgehead atoms. The molecule has 0 aromatic carbocycles. The maximum absolute atomic E-state index is 10.4. The monoisotopic (exact) mass is 244 g/mol. The first-order chi connectivity index (χ1) is 7.16. The molecule has 8 nitrogen and oxygen atoms in total. The highest BCUT2D eigenvalue weighted by Crippen LogP contribution is 2.32. The van der Waals surface area contributed by atoms with Crippen LogP contribution in [-0.4, -0.2) is 30.1 Å². The molecule has 0 atom stereocenters. The Hall–Kier alpha value is -1.55. The zero-order chi connectivity index (χ0) is 10.8. The smallest absolute Gasteiger partial charge is 0.257 e. The van der Waals surface area contributed by atoms with Crippen molar-refractivity contribution in [3.05, 3.63) is 16.3 Å². The van der Waals surface area contributed by atoms with E-state index in [-0.39, 0.29) is 5.00 Å². The van der Waals surface area contributed by atoms with E-state index in [9.17, 15) is 10.1 Å². The lowest BCUT2D eigenvalue weighted by Crippen LogP contribution is -1.92. The molecule has 0 unspecified atom stereocenters. The fourth-order valence-corrected chi connectivity index (χ4v) is 2.39. The lowest BCUT2D eigenvalue weighted by Gasteiger charge is -1.91. The molecular weight excluding hydrogens is 240 g/mol. The van der Waals surface area contributed by atoms with Gasteiger partial charge in [-0.1, -0.05) is 0 Å². The van der Waals surface area contributed by atoms with Crippen LogP contribution < -0.4 is 0 Å². The van der Waals surface area contributed by atoms with E-state index in [1.54, 1.807) is 7.05 Å². The highest BCUT2D eigenvalue weighted by atomic mass is 32.2. The predicted octanol–water partition coefficient (Wildman–Crippen LogP) is 0.726. The van der Waals surface area contributed by atoms with E-state index in [2.05, 4.69) is 20.5 Å². The van der Waals surface area contributed by atoms with Crippen molar-refractivity contribution in [2.75, 3.05) is 0 Å². The van der Waals surface area contributed by atoms with Crippen LogP contribution in [0.25, 0.3) is 0 Å². The Bertz CT molecular complexity index is 493. The predicted molar refractivity (Wildman–Crippen MR) is 51.7 cm³/mol. The Morgan fingerprint density at radius 3 is 3.00 bits per heavy atom. The minimum Gasteiger partial charge on any atom is -0.257 e. The highest BCUT2D eigenvalue weighted by Gasteiger charge is 2.14. The van der Waals surface area contributed by atoms with Gasteiger partial charge in [-0.3, -0.25) is 10.1 Å². The topological polar surface area (TPSA) is 99.6 Å². The Morgan fingerprint density at radius 1 is 1.67 bits per heavy atom. The molecular formula is C5H4N6O2S2. The Balaban J connectivity index is 2.18. The van der Waals surface area contributed by atoms with Crippen LogP contribution in [0.3, 0.4) is 0 Å². The third-order valence-electron chi connectivity index (χ3n) is 1.41. The molecule has 10 heteroatoms. The number of thiazole rings is 1. The van der Waals surface area contributed by atoms with E-state index in [1.807, 2.05) is 0 Å². The Labute approximate surface area is 91.5 Å². The molecule has 0 saturated carbocycles. The zero-order valence-corrected chi connectivity index (χ0v) is 9.03. The van der Waals surface area contributed by atoms with Crippen LogP contribution in [-0.2, 0) is 7.05 Å². The molecule has 0 amide bonds. The maximum atomic E-state index is 10.4. The second-order valence-electron chi connectivity index (χ2n) is 2.41. The summed E-state index contributed by atoms with van der Waals surface area (Å²) in [6.45, 7) is 0. The highest BCUT2D eigenvalue weighted by molar-refractivity contribution is 8.00. The van der Waals surface area contributed by atoms with Crippen molar-refractivity contribution < 1.29 is 4.92 Å². The van der Waals surface area contributed by atoms with Gasteiger partial charge >= 0.3 is 5.00 Å². The summed E-state index contributed by atoms with van der Waals surface area (Å²) in [4.78, 5) is 13.8.